The second kappa shape index (κ2) is 8.51. The van der Waals surface area contributed by atoms with Crippen molar-refractivity contribution in [3.63, 3.8) is 0 Å². The summed E-state index contributed by atoms with van der Waals surface area (Å²) in [7, 11) is 3.19. The van der Waals surface area contributed by atoms with E-state index in [0.717, 1.165) is 11.1 Å². The maximum Gasteiger partial charge on any atom is 0.230 e. The molecule has 8 heteroatoms. The zero-order valence-electron chi connectivity index (χ0n) is 18.7. The quantitative estimate of drug-likeness (QED) is 0.618. The molecule has 3 aliphatic rings. The van der Waals surface area contributed by atoms with E-state index in [1.165, 1.54) is 0 Å². The summed E-state index contributed by atoms with van der Waals surface area (Å²) in [6.07, 6.45) is 7.61. The molecule has 1 spiro atoms. The number of ether oxygens (including phenoxy) is 3. The molecule has 4 heterocycles. The fourth-order valence-electron chi connectivity index (χ4n) is 5.20. The van der Waals surface area contributed by atoms with Gasteiger partial charge >= 0.3 is 0 Å². The number of methoxy groups -OCH3 is 2. The van der Waals surface area contributed by atoms with Crippen LogP contribution >= 0.6 is 0 Å². The van der Waals surface area contributed by atoms with Crippen molar-refractivity contribution in [1.29, 1.82) is 0 Å². The molecule has 1 aromatic carbocycles. The molecule has 33 heavy (non-hydrogen) atoms. The van der Waals surface area contributed by atoms with Gasteiger partial charge in [-0.25, -0.2) is 0 Å². The van der Waals surface area contributed by atoms with Crippen molar-refractivity contribution in [2.45, 2.75) is 24.7 Å². The van der Waals surface area contributed by atoms with E-state index >= 15 is 0 Å². The number of pyridine rings is 1. The minimum absolute atomic E-state index is 0.0290. The van der Waals surface area contributed by atoms with E-state index in [1.54, 1.807) is 31.5 Å². The lowest BCUT2D eigenvalue weighted by atomic mass is 9.77. The predicted octanol–water partition coefficient (Wildman–Crippen LogP) is 1.74. The number of fused-ring (bicyclic) bond motifs is 1. The summed E-state index contributed by atoms with van der Waals surface area (Å²) < 4.78 is 16.8. The molecule has 4 atom stereocenters. The van der Waals surface area contributed by atoms with Crippen LogP contribution in [-0.2, 0) is 27.3 Å². The van der Waals surface area contributed by atoms with E-state index in [9.17, 15) is 9.59 Å². The first-order chi connectivity index (χ1) is 16.0. The first-order valence-corrected chi connectivity index (χ1v) is 11.1. The van der Waals surface area contributed by atoms with E-state index in [4.69, 9.17) is 14.2 Å². The van der Waals surface area contributed by atoms with Crippen LogP contribution in [0.3, 0.4) is 0 Å². The van der Waals surface area contributed by atoms with Crippen LogP contribution in [0.15, 0.2) is 54.9 Å². The topological polar surface area (TPSA) is 90.0 Å². The van der Waals surface area contributed by atoms with Gasteiger partial charge in [-0.05, 0) is 41.8 Å². The van der Waals surface area contributed by atoms with Gasteiger partial charge in [-0.15, -0.1) is 0 Å². The molecular weight excluding hydrogens is 422 g/mol. The van der Waals surface area contributed by atoms with Gasteiger partial charge in [0.05, 0.1) is 38.7 Å². The van der Waals surface area contributed by atoms with Crippen LogP contribution in [0, 0.1) is 11.8 Å². The van der Waals surface area contributed by atoms with Crippen molar-refractivity contribution in [3.8, 4) is 11.5 Å². The van der Waals surface area contributed by atoms with E-state index in [1.807, 2.05) is 42.5 Å². The molecule has 0 saturated carbocycles. The lowest BCUT2D eigenvalue weighted by Gasteiger charge is -2.23. The summed E-state index contributed by atoms with van der Waals surface area (Å²) in [5, 5.41) is 3.01. The number of carbonyl (C=O) groups excluding carboxylic acids is 2. The van der Waals surface area contributed by atoms with Crippen molar-refractivity contribution in [2.75, 3.05) is 27.3 Å². The van der Waals surface area contributed by atoms with Crippen LogP contribution in [0.4, 0.5) is 0 Å². The second-order valence-corrected chi connectivity index (χ2v) is 8.68. The molecule has 0 aliphatic carbocycles. The lowest BCUT2D eigenvalue weighted by molar-refractivity contribution is -0.137. The molecule has 1 aromatic heterocycles. The minimum atomic E-state index is -0.708. The molecule has 2 fully saturated rings. The minimum Gasteiger partial charge on any atom is -0.493 e. The van der Waals surface area contributed by atoms with Gasteiger partial charge in [0.25, 0.3) is 0 Å². The maximum absolute atomic E-state index is 13.3. The Morgan fingerprint density at radius 1 is 1.18 bits per heavy atom. The Morgan fingerprint density at radius 3 is 2.73 bits per heavy atom. The number of hydrogen-bond acceptors (Lipinski definition) is 6. The number of benzene rings is 1. The Kier molecular flexibility index (Phi) is 5.54. The Labute approximate surface area is 192 Å². The summed E-state index contributed by atoms with van der Waals surface area (Å²) in [4.78, 5) is 32.3. The Morgan fingerprint density at radius 2 is 1.97 bits per heavy atom. The molecule has 2 saturated heterocycles. The molecule has 5 rings (SSSR count). The van der Waals surface area contributed by atoms with Gasteiger partial charge in [-0.2, -0.15) is 0 Å². The highest BCUT2D eigenvalue weighted by Gasteiger charge is 2.66. The van der Waals surface area contributed by atoms with Gasteiger partial charge in [-0.1, -0.05) is 18.2 Å². The Bertz CT molecular complexity index is 1090. The third-order valence-corrected chi connectivity index (χ3v) is 6.77. The molecular formula is C25H27N3O5. The number of amides is 2. The van der Waals surface area contributed by atoms with Crippen LogP contribution in [0.2, 0.25) is 0 Å². The molecule has 172 valence electrons. The normalized spacial score (nSPS) is 27.0. The average molecular weight is 450 g/mol. The number of nitrogens with zero attached hydrogens (tertiary/aromatic N) is 2. The fourth-order valence-corrected chi connectivity index (χ4v) is 5.20. The van der Waals surface area contributed by atoms with E-state index in [2.05, 4.69) is 10.3 Å². The average Bonchev–Trinajstić information content (AvgIpc) is 3.47. The largest absolute Gasteiger partial charge is 0.493 e. The summed E-state index contributed by atoms with van der Waals surface area (Å²) in [5.41, 5.74) is 1.32. The molecule has 0 radical (unpaired) electrons. The summed E-state index contributed by atoms with van der Waals surface area (Å²) in [6.45, 7) is 1.40. The zero-order valence-corrected chi connectivity index (χ0v) is 18.7. The summed E-state index contributed by atoms with van der Waals surface area (Å²) in [5.74, 6) is 0.138. The van der Waals surface area contributed by atoms with Crippen LogP contribution in [0.5, 0.6) is 11.5 Å². The van der Waals surface area contributed by atoms with Gasteiger partial charge < -0.3 is 24.4 Å². The van der Waals surface area contributed by atoms with E-state index < -0.39 is 17.4 Å². The van der Waals surface area contributed by atoms with Crippen LogP contribution in [0.25, 0.3) is 0 Å². The van der Waals surface area contributed by atoms with Gasteiger partial charge in [0, 0.05) is 25.5 Å². The fraction of sp³-hybridized carbons (Fsp3) is 0.400. The van der Waals surface area contributed by atoms with Crippen LogP contribution in [-0.4, -0.2) is 60.7 Å². The summed E-state index contributed by atoms with van der Waals surface area (Å²) >= 11 is 0. The Balaban J connectivity index is 1.24. The third kappa shape index (κ3) is 3.74. The molecule has 2 bridgehead atoms. The van der Waals surface area contributed by atoms with Gasteiger partial charge in [0.2, 0.25) is 11.8 Å². The van der Waals surface area contributed by atoms with Gasteiger partial charge in [0.1, 0.15) is 5.60 Å². The number of nitrogens with one attached hydrogen (secondary N) is 1. The van der Waals surface area contributed by atoms with E-state index in [-0.39, 0.29) is 17.9 Å². The van der Waals surface area contributed by atoms with Crippen LogP contribution in [0.1, 0.15) is 11.1 Å². The maximum atomic E-state index is 13.3. The molecule has 2 aromatic rings. The van der Waals surface area contributed by atoms with E-state index in [0.29, 0.717) is 37.6 Å². The molecule has 8 nitrogen and oxygen atoms in total. The monoisotopic (exact) mass is 449 g/mol. The highest BCUT2D eigenvalue weighted by atomic mass is 16.5. The summed E-state index contributed by atoms with van der Waals surface area (Å²) in [6, 6.07) is 9.49. The zero-order chi connectivity index (χ0) is 23.0. The van der Waals surface area contributed by atoms with Crippen molar-refractivity contribution in [2.24, 2.45) is 11.8 Å². The first kappa shape index (κ1) is 21.5. The third-order valence-electron chi connectivity index (χ3n) is 6.77. The SMILES string of the molecule is COc1ccc(CCNC(=O)C2C3C(=O)N(Cc4ccncc4)C[C@]34C=C[C@H]2O4)cc1OC. The second-order valence-electron chi connectivity index (χ2n) is 8.68. The molecule has 2 amide bonds. The highest BCUT2D eigenvalue weighted by molar-refractivity contribution is 5.93. The van der Waals surface area contributed by atoms with Crippen molar-refractivity contribution in [1.82, 2.24) is 15.2 Å². The van der Waals surface area contributed by atoms with Gasteiger partial charge in [0.15, 0.2) is 11.5 Å². The lowest BCUT2D eigenvalue weighted by Crippen LogP contribution is -2.44. The molecule has 2 unspecified atom stereocenters. The van der Waals surface area contributed by atoms with Crippen molar-refractivity contribution < 1.29 is 23.8 Å². The number of hydrogen-bond donors (Lipinski definition) is 1. The number of likely N-dealkylation sites (tertiary alicyclic amines) is 1. The smallest absolute Gasteiger partial charge is 0.230 e. The number of aromatic nitrogens is 1. The highest BCUT2D eigenvalue weighted by Crippen LogP contribution is 2.52. The number of rotatable bonds is 8. The predicted molar refractivity (Wildman–Crippen MR) is 120 cm³/mol. The molecule has 1 N–H and O–H groups in total. The van der Waals surface area contributed by atoms with Crippen molar-refractivity contribution in [3.05, 3.63) is 66.0 Å². The van der Waals surface area contributed by atoms with Gasteiger partial charge in [-0.3, -0.25) is 14.6 Å². The first-order valence-electron chi connectivity index (χ1n) is 11.1. The van der Waals surface area contributed by atoms with Crippen molar-refractivity contribution >= 4 is 11.8 Å². The van der Waals surface area contributed by atoms with Crippen LogP contribution < -0.4 is 14.8 Å². The number of carbonyl (C=O) groups is 2. The Hall–Kier alpha value is -3.39. The standard InChI is InChI=1S/C25H27N3O5/c1-31-18-4-3-16(13-20(18)32-2)8-12-27-23(29)21-19-5-9-25(33-19)15-28(24(30)22(21)25)14-17-6-10-26-11-7-17/h3-7,9-11,13,19,21-22H,8,12,14-15H2,1-2H3,(H,27,29)/t19-,21?,22?,25-/m1/s1. The molecule has 3 aliphatic heterocycles.